The molecule has 2 N–H and O–H groups in total. The van der Waals surface area contributed by atoms with Crippen LogP contribution < -0.4 is 5.73 Å². The number of benzene rings is 1. The topological polar surface area (TPSA) is 56.2 Å². The van der Waals surface area contributed by atoms with E-state index in [1.54, 1.807) is 13.8 Å². The van der Waals surface area contributed by atoms with Gasteiger partial charge in [0.25, 0.3) is 0 Å². The summed E-state index contributed by atoms with van der Waals surface area (Å²) in [6.45, 7) is 3.59. The van der Waals surface area contributed by atoms with Crippen LogP contribution in [0.1, 0.15) is 24.4 Å². The Kier molecular flexibility index (Phi) is 5.25. The molecule has 0 spiro atoms. The normalized spacial score (nSPS) is 11.1. The summed E-state index contributed by atoms with van der Waals surface area (Å²) in [6, 6.07) is 6.05. The molecule has 3 nitrogen and oxygen atoms in total. The Balaban J connectivity index is 0.00000220. The molecule has 1 aromatic carbocycles. The first-order valence-corrected chi connectivity index (χ1v) is 6.14. The van der Waals surface area contributed by atoms with Gasteiger partial charge in [0.05, 0.1) is 0 Å². The summed E-state index contributed by atoms with van der Waals surface area (Å²) in [6.07, 6.45) is 0. The predicted octanol–water partition coefficient (Wildman–Crippen LogP) is 3.81. The summed E-state index contributed by atoms with van der Waals surface area (Å²) < 4.78 is 31.7. The van der Waals surface area contributed by atoms with Crippen molar-refractivity contribution < 1.29 is 18.0 Å². The fraction of sp³-hybridized carbons (Fsp3) is 0.267. The van der Waals surface area contributed by atoms with Crippen LogP contribution in [0.15, 0.2) is 34.7 Å². The number of halogens is 3. The molecular weight excluding hydrogens is 300 g/mol. The Morgan fingerprint density at radius 2 is 1.76 bits per heavy atom. The Morgan fingerprint density at radius 3 is 2.29 bits per heavy atom. The van der Waals surface area contributed by atoms with Crippen molar-refractivity contribution in [2.24, 2.45) is 11.1 Å². The molecular formula is C15H16ClF2NO2. The Labute approximate surface area is 127 Å². The average Bonchev–Trinajstić information content (AvgIpc) is 2.86. The van der Waals surface area contributed by atoms with E-state index in [4.69, 9.17) is 10.2 Å². The molecule has 0 fully saturated rings. The minimum atomic E-state index is -0.748. The molecule has 0 radical (unpaired) electrons. The molecule has 0 aliphatic carbocycles. The van der Waals surface area contributed by atoms with E-state index in [0.717, 1.165) is 18.2 Å². The Morgan fingerprint density at radius 1 is 1.19 bits per heavy atom. The molecule has 6 heteroatoms. The molecule has 0 atom stereocenters. The van der Waals surface area contributed by atoms with Gasteiger partial charge in [-0.25, -0.2) is 8.78 Å². The van der Waals surface area contributed by atoms with Crippen LogP contribution >= 0.6 is 12.4 Å². The summed E-state index contributed by atoms with van der Waals surface area (Å²) in [5.41, 5.74) is 5.04. The van der Waals surface area contributed by atoms with E-state index in [0.29, 0.717) is 0 Å². The predicted molar refractivity (Wildman–Crippen MR) is 78.5 cm³/mol. The van der Waals surface area contributed by atoms with Gasteiger partial charge in [-0.15, -0.1) is 12.4 Å². The first-order chi connectivity index (χ1) is 9.33. The van der Waals surface area contributed by atoms with Gasteiger partial charge in [0, 0.05) is 23.6 Å². The number of carbonyl (C=O) groups is 1. The molecule has 0 aliphatic rings. The van der Waals surface area contributed by atoms with Gasteiger partial charge in [0.2, 0.25) is 5.78 Å². The number of rotatable bonds is 4. The number of carbonyl (C=O) groups excluding carboxylic acids is 1. The van der Waals surface area contributed by atoms with Gasteiger partial charge in [-0.1, -0.05) is 13.8 Å². The first-order valence-electron chi connectivity index (χ1n) is 6.14. The van der Waals surface area contributed by atoms with Crippen molar-refractivity contribution in [1.82, 2.24) is 0 Å². The Bertz CT molecular complexity index is 633. The number of hydrogen-bond acceptors (Lipinski definition) is 3. The van der Waals surface area contributed by atoms with Gasteiger partial charge in [0.15, 0.2) is 5.76 Å². The SMILES string of the molecule is CC(C)(CN)C(=O)c1ccc(-c2cc(F)cc(F)c2)o1.Cl. The molecule has 0 aliphatic heterocycles. The highest BCUT2D eigenvalue weighted by molar-refractivity contribution is 5.98. The monoisotopic (exact) mass is 315 g/mol. The van der Waals surface area contributed by atoms with E-state index >= 15 is 0 Å². The van der Waals surface area contributed by atoms with Crippen LogP contribution in [0, 0.1) is 17.0 Å². The molecule has 2 rings (SSSR count). The zero-order valence-corrected chi connectivity index (χ0v) is 12.5. The van der Waals surface area contributed by atoms with Crippen LogP contribution in [0.2, 0.25) is 0 Å². The van der Waals surface area contributed by atoms with E-state index < -0.39 is 17.0 Å². The minimum absolute atomic E-state index is 0. The lowest BCUT2D eigenvalue weighted by molar-refractivity contribution is 0.0818. The molecule has 0 unspecified atom stereocenters. The van der Waals surface area contributed by atoms with Gasteiger partial charge in [-0.3, -0.25) is 4.79 Å². The van der Waals surface area contributed by atoms with E-state index in [9.17, 15) is 13.6 Å². The fourth-order valence-electron chi connectivity index (χ4n) is 1.74. The molecule has 0 bridgehead atoms. The van der Waals surface area contributed by atoms with Crippen molar-refractivity contribution in [2.45, 2.75) is 13.8 Å². The highest BCUT2D eigenvalue weighted by atomic mass is 35.5. The van der Waals surface area contributed by atoms with Crippen molar-refractivity contribution in [1.29, 1.82) is 0 Å². The maximum Gasteiger partial charge on any atom is 0.204 e. The van der Waals surface area contributed by atoms with E-state index in [-0.39, 0.29) is 41.8 Å². The number of nitrogens with two attached hydrogens (primary N) is 1. The van der Waals surface area contributed by atoms with Crippen molar-refractivity contribution >= 4 is 18.2 Å². The maximum absolute atomic E-state index is 13.2. The number of ketones is 1. The molecule has 0 saturated heterocycles. The zero-order chi connectivity index (χ0) is 14.9. The molecule has 2 aromatic rings. The maximum atomic E-state index is 13.2. The second-order valence-electron chi connectivity index (χ2n) is 5.24. The lowest BCUT2D eigenvalue weighted by atomic mass is 9.87. The third kappa shape index (κ3) is 3.68. The molecule has 1 heterocycles. The summed E-state index contributed by atoms with van der Waals surface area (Å²) in [5, 5.41) is 0. The summed E-state index contributed by atoms with van der Waals surface area (Å²) in [4.78, 5) is 12.2. The lowest BCUT2D eigenvalue weighted by Crippen LogP contribution is -2.32. The summed E-state index contributed by atoms with van der Waals surface area (Å²) in [7, 11) is 0. The van der Waals surface area contributed by atoms with Crippen LogP contribution in [0.5, 0.6) is 0 Å². The first kappa shape index (κ1) is 17.3. The molecule has 114 valence electrons. The third-order valence-corrected chi connectivity index (χ3v) is 3.10. The quantitative estimate of drug-likeness (QED) is 0.873. The highest BCUT2D eigenvalue weighted by Gasteiger charge is 2.29. The standard InChI is InChI=1S/C15H15F2NO2.ClH/c1-15(2,8-18)14(19)13-4-3-12(20-13)9-5-10(16)7-11(17)6-9;/h3-7H,8,18H2,1-2H3;1H. The van der Waals surface area contributed by atoms with Crippen LogP contribution in [-0.4, -0.2) is 12.3 Å². The van der Waals surface area contributed by atoms with Crippen molar-refractivity contribution in [2.75, 3.05) is 6.54 Å². The highest BCUT2D eigenvalue weighted by Crippen LogP contribution is 2.27. The van der Waals surface area contributed by atoms with Crippen molar-refractivity contribution in [3.63, 3.8) is 0 Å². The largest absolute Gasteiger partial charge is 0.453 e. The second kappa shape index (κ2) is 6.37. The van der Waals surface area contributed by atoms with E-state index in [1.165, 1.54) is 12.1 Å². The van der Waals surface area contributed by atoms with Crippen molar-refractivity contribution in [3.05, 3.63) is 47.7 Å². The molecule has 21 heavy (non-hydrogen) atoms. The zero-order valence-electron chi connectivity index (χ0n) is 11.7. The van der Waals surface area contributed by atoms with Crippen LogP contribution in [-0.2, 0) is 0 Å². The summed E-state index contributed by atoms with van der Waals surface area (Å²) >= 11 is 0. The van der Waals surface area contributed by atoms with Crippen molar-refractivity contribution in [3.8, 4) is 11.3 Å². The fourth-order valence-corrected chi connectivity index (χ4v) is 1.74. The average molecular weight is 316 g/mol. The van der Waals surface area contributed by atoms with E-state index in [2.05, 4.69) is 0 Å². The van der Waals surface area contributed by atoms with Gasteiger partial charge in [0.1, 0.15) is 17.4 Å². The van der Waals surface area contributed by atoms with Gasteiger partial charge in [-0.2, -0.15) is 0 Å². The number of Topliss-reactive ketones (excluding diaryl/α,β-unsaturated/α-hetero) is 1. The molecule has 1 aromatic heterocycles. The number of hydrogen-bond donors (Lipinski definition) is 1. The Hall–Kier alpha value is -1.72. The second-order valence-corrected chi connectivity index (χ2v) is 5.24. The molecule has 0 amide bonds. The van der Waals surface area contributed by atoms with Crippen LogP contribution in [0.25, 0.3) is 11.3 Å². The lowest BCUT2D eigenvalue weighted by Gasteiger charge is -2.18. The smallest absolute Gasteiger partial charge is 0.204 e. The summed E-state index contributed by atoms with van der Waals surface area (Å²) in [5.74, 6) is -1.29. The van der Waals surface area contributed by atoms with Crippen LogP contribution in [0.4, 0.5) is 8.78 Å². The van der Waals surface area contributed by atoms with E-state index in [1.807, 2.05) is 0 Å². The van der Waals surface area contributed by atoms with Crippen LogP contribution in [0.3, 0.4) is 0 Å². The van der Waals surface area contributed by atoms with Gasteiger partial charge in [-0.05, 0) is 24.3 Å². The number of furan rings is 1. The molecule has 0 saturated carbocycles. The minimum Gasteiger partial charge on any atom is -0.453 e. The van der Waals surface area contributed by atoms with Gasteiger partial charge < -0.3 is 10.2 Å². The van der Waals surface area contributed by atoms with Gasteiger partial charge >= 0.3 is 0 Å². The third-order valence-electron chi connectivity index (χ3n) is 3.10.